The van der Waals surface area contributed by atoms with Gasteiger partial charge in [0.25, 0.3) is 0 Å². The summed E-state index contributed by atoms with van der Waals surface area (Å²) in [6.45, 7) is 10.3. The molecule has 0 bridgehead atoms. The van der Waals surface area contributed by atoms with E-state index in [9.17, 15) is 0 Å². The van der Waals surface area contributed by atoms with Gasteiger partial charge in [-0.2, -0.15) is 0 Å². The second-order valence-corrected chi connectivity index (χ2v) is 7.87. The summed E-state index contributed by atoms with van der Waals surface area (Å²) in [5, 5.41) is 4.90. The van der Waals surface area contributed by atoms with Gasteiger partial charge in [-0.3, -0.25) is 0 Å². The van der Waals surface area contributed by atoms with E-state index in [1.54, 1.807) is 0 Å². The molecule has 1 unspecified atom stereocenters. The Morgan fingerprint density at radius 2 is 2.15 bits per heavy atom. The number of nitrogens with zero attached hydrogens (tertiary/aromatic N) is 2. The van der Waals surface area contributed by atoms with Gasteiger partial charge in [-0.05, 0) is 37.5 Å². The lowest BCUT2D eigenvalue weighted by atomic mass is 10.0. The Labute approximate surface area is 126 Å². The number of hydrogen-bond donors (Lipinski definition) is 1. The average Bonchev–Trinajstić information content (AvgIpc) is 3.14. The summed E-state index contributed by atoms with van der Waals surface area (Å²) in [5.74, 6) is 1.33. The van der Waals surface area contributed by atoms with Crippen molar-refractivity contribution in [1.29, 1.82) is 0 Å². The number of piperidine rings is 1. The first-order valence-corrected chi connectivity index (χ1v) is 8.93. The zero-order valence-electron chi connectivity index (χ0n) is 13.0. The van der Waals surface area contributed by atoms with Gasteiger partial charge in [0.1, 0.15) is 0 Å². The predicted octanol–water partition coefficient (Wildman–Crippen LogP) is 3.75. The third kappa shape index (κ3) is 3.34. The summed E-state index contributed by atoms with van der Waals surface area (Å²) in [6.07, 6.45) is 5.39. The van der Waals surface area contributed by atoms with Crippen LogP contribution in [0.25, 0.3) is 0 Å². The summed E-state index contributed by atoms with van der Waals surface area (Å²) in [6, 6.07) is 0.774. The molecular weight excluding hydrogens is 266 g/mol. The van der Waals surface area contributed by atoms with Gasteiger partial charge in [0, 0.05) is 30.6 Å². The molecule has 0 radical (unpaired) electrons. The SMILES string of the molecule is CC1CCCN(c2nc(C(C)C)c(CNC3CC3)s2)C1. The molecule has 20 heavy (non-hydrogen) atoms. The van der Waals surface area contributed by atoms with Crippen LogP contribution in [0.2, 0.25) is 0 Å². The van der Waals surface area contributed by atoms with Gasteiger partial charge in [0.2, 0.25) is 0 Å². The van der Waals surface area contributed by atoms with Crippen LogP contribution < -0.4 is 10.2 Å². The Balaban J connectivity index is 1.74. The highest BCUT2D eigenvalue weighted by Crippen LogP contribution is 2.33. The highest BCUT2D eigenvalue weighted by atomic mass is 32.1. The normalized spacial score (nSPS) is 23.6. The minimum atomic E-state index is 0.526. The highest BCUT2D eigenvalue weighted by Gasteiger charge is 2.24. The number of thiazole rings is 1. The number of nitrogens with one attached hydrogen (secondary N) is 1. The molecule has 1 aromatic heterocycles. The third-order valence-electron chi connectivity index (χ3n) is 4.32. The van der Waals surface area contributed by atoms with Crippen molar-refractivity contribution in [3.8, 4) is 0 Å². The van der Waals surface area contributed by atoms with Gasteiger partial charge in [0.15, 0.2) is 5.13 Å². The lowest BCUT2D eigenvalue weighted by molar-refractivity contribution is 0.446. The zero-order chi connectivity index (χ0) is 14.1. The minimum Gasteiger partial charge on any atom is -0.348 e. The third-order valence-corrected chi connectivity index (χ3v) is 5.45. The molecule has 1 atom stereocenters. The Kier molecular flexibility index (Phi) is 4.32. The fraction of sp³-hybridized carbons (Fsp3) is 0.812. The predicted molar refractivity (Wildman–Crippen MR) is 86.7 cm³/mol. The summed E-state index contributed by atoms with van der Waals surface area (Å²) >= 11 is 1.92. The van der Waals surface area contributed by atoms with Crippen molar-refractivity contribution in [3.05, 3.63) is 10.6 Å². The summed E-state index contributed by atoms with van der Waals surface area (Å²) < 4.78 is 0. The molecule has 2 fully saturated rings. The van der Waals surface area contributed by atoms with E-state index >= 15 is 0 Å². The molecule has 3 rings (SSSR count). The van der Waals surface area contributed by atoms with Crippen molar-refractivity contribution in [2.75, 3.05) is 18.0 Å². The van der Waals surface area contributed by atoms with Crippen LogP contribution in [-0.2, 0) is 6.54 Å². The van der Waals surface area contributed by atoms with Crippen LogP contribution >= 0.6 is 11.3 Å². The lowest BCUT2D eigenvalue weighted by Crippen LogP contribution is -2.34. The fourth-order valence-electron chi connectivity index (χ4n) is 2.95. The molecule has 1 saturated carbocycles. The summed E-state index contributed by atoms with van der Waals surface area (Å²) in [7, 11) is 0. The van der Waals surface area contributed by atoms with E-state index < -0.39 is 0 Å². The number of rotatable bonds is 5. The maximum atomic E-state index is 4.97. The number of aromatic nitrogens is 1. The Morgan fingerprint density at radius 3 is 2.80 bits per heavy atom. The van der Waals surface area contributed by atoms with E-state index in [2.05, 4.69) is 31.0 Å². The molecule has 0 amide bonds. The monoisotopic (exact) mass is 293 g/mol. The van der Waals surface area contributed by atoms with Crippen LogP contribution in [0.5, 0.6) is 0 Å². The van der Waals surface area contributed by atoms with Gasteiger partial charge in [0.05, 0.1) is 5.69 Å². The Bertz CT molecular complexity index is 451. The fourth-order valence-corrected chi connectivity index (χ4v) is 4.15. The van der Waals surface area contributed by atoms with Crippen LogP contribution in [0.4, 0.5) is 5.13 Å². The molecule has 1 aromatic rings. The van der Waals surface area contributed by atoms with Crippen LogP contribution in [0.1, 0.15) is 62.9 Å². The minimum absolute atomic E-state index is 0.526. The van der Waals surface area contributed by atoms with E-state index in [1.807, 2.05) is 11.3 Å². The molecule has 3 nitrogen and oxygen atoms in total. The first-order valence-electron chi connectivity index (χ1n) is 8.11. The van der Waals surface area contributed by atoms with E-state index in [0.717, 1.165) is 18.5 Å². The molecule has 0 spiro atoms. The van der Waals surface area contributed by atoms with Crippen molar-refractivity contribution in [2.45, 2.75) is 65.0 Å². The second-order valence-electron chi connectivity index (χ2n) is 6.81. The molecule has 4 heteroatoms. The molecule has 1 aliphatic heterocycles. The summed E-state index contributed by atoms with van der Waals surface area (Å²) in [5.41, 5.74) is 1.32. The molecule has 0 aromatic carbocycles. The molecular formula is C16H27N3S. The van der Waals surface area contributed by atoms with Crippen LogP contribution in [-0.4, -0.2) is 24.1 Å². The molecule has 2 heterocycles. The standard InChI is InChI=1S/C16H27N3S/c1-11(2)15-14(9-17-13-6-7-13)20-16(18-15)19-8-4-5-12(3)10-19/h11-13,17H,4-10H2,1-3H3. The smallest absolute Gasteiger partial charge is 0.185 e. The van der Waals surface area contributed by atoms with Gasteiger partial charge < -0.3 is 10.2 Å². The van der Waals surface area contributed by atoms with E-state index in [-0.39, 0.29) is 0 Å². The largest absolute Gasteiger partial charge is 0.348 e. The van der Waals surface area contributed by atoms with Crippen LogP contribution in [0, 0.1) is 5.92 Å². The molecule has 1 N–H and O–H groups in total. The second kappa shape index (κ2) is 6.02. The van der Waals surface area contributed by atoms with Crippen molar-refractivity contribution >= 4 is 16.5 Å². The van der Waals surface area contributed by atoms with Crippen molar-refractivity contribution in [2.24, 2.45) is 5.92 Å². The van der Waals surface area contributed by atoms with E-state index in [1.165, 1.54) is 54.5 Å². The lowest BCUT2D eigenvalue weighted by Gasteiger charge is -2.30. The zero-order valence-corrected chi connectivity index (χ0v) is 13.8. The number of anilines is 1. The van der Waals surface area contributed by atoms with Gasteiger partial charge in [-0.25, -0.2) is 4.98 Å². The first-order chi connectivity index (χ1) is 9.63. The average molecular weight is 293 g/mol. The van der Waals surface area contributed by atoms with Crippen molar-refractivity contribution in [3.63, 3.8) is 0 Å². The van der Waals surface area contributed by atoms with Crippen molar-refractivity contribution in [1.82, 2.24) is 10.3 Å². The van der Waals surface area contributed by atoms with Crippen LogP contribution in [0.3, 0.4) is 0 Å². The maximum Gasteiger partial charge on any atom is 0.185 e. The van der Waals surface area contributed by atoms with E-state index in [4.69, 9.17) is 4.98 Å². The highest BCUT2D eigenvalue weighted by molar-refractivity contribution is 7.15. The van der Waals surface area contributed by atoms with Gasteiger partial charge >= 0.3 is 0 Å². The molecule has 1 saturated heterocycles. The number of hydrogen-bond acceptors (Lipinski definition) is 4. The molecule has 2 aliphatic rings. The first kappa shape index (κ1) is 14.3. The topological polar surface area (TPSA) is 28.2 Å². The van der Waals surface area contributed by atoms with Gasteiger partial charge in [-0.1, -0.05) is 20.8 Å². The molecule has 1 aliphatic carbocycles. The van der Waals surface area contributed by atoms with E-state index in [0.29, 0.717) is 5.92 Å². The quantitative estimate of drug-likeness (QED) is 0.896. The maximum absolute atomic E-state index is 4.97. The molecule has 112 valence electrons. The van der Waals surface area contributed by atoms with Crippen LogP contribution in [0.15, 0.2) is 0 Å². The Morgan fingerprint density at radius 1 is 1.35 bits per heavy atom. The van der Waals surface area contributed by atoms with Crippen molar-refractivity contribution < 1.29 is 0 Å². The Hall–Kier alpha value is -0.610. The van der Waals surface area contributed by atoms with Gasteiger partial charge in [-0.15, -0.1) is 11.3 Å². The summed E-state index contributed by atoms with van der Waals surface area (Å²) in [4.78, 5) is 8.93.